The Hall–Kier alpha value is -3.59. The fraction of sp³-hybridized carbons (Fsp3) is 0.333. The molecule has 10 heteroatoms. The van der Waals surface area contributed by atoms with E-state index in [1.807, 2.05) is 31.2 Å². The topological polar surface area (TPSA) is 104 Å². The van der Waals surface area contributed by atoms with Crippen LogP contribution in [0.25, 0.3) is 11.5 Å². The first kappa shape index (κ1) is 23.6. The number of aryl methyl sites for hydroxylation is 1. The molecule has 0 radical (unpaired) electrons. The van der Waals surface area contributed by atoms with Crippen molar-refractivity contribution in [2.45, 2.75) is 26.4 Å². The van der Waals surface area contributed by atoms with Gasteiger partial charge in [-0.3, -0.25) is 9.59 Å². The van der Waals surface area contributed by atoms with E-state index in [0.717, 1.165) is 11.1 Å². The zero-order chi connectivity index (χ0) is 24.4. The standard InChI is InChI=1S/C24H24ClN3O6/c1-13-5-7-15(8-6-13)23-27-26-22(34-23)14(2)33-24(30)16-9-21(29)28(12-16)18-10-17(25)19(31-3)11-20(18)32-4/h5-8,10-11,14,16H,9,12H2,1-4H3. The summed E-state index contributed by atoms with van der Waals surface area (Å²) in [6.45, 7) is 3.76. The van der Waals surface area contributed by atoms with Crippen LogP contribution in [0.4, 0.5) is 5.69 Å². The van der Waals surface area contributed by atoms with E-state index in [0.29, 0.717) is 28.1 Å². The van der Waals surface area contributed by atoms with Gasteiger partial charge in [0.05, 0.1) is 30.8 Å². The number of aromatic nitrogens is 2. The van der Waals surface area contributed by atoms with Crippen molar-refractivity contribution in [2.75, 3.05) is 25.7 Å². The second-order valence-corrected chi connectivity index (χ2v) is 8.36. The fourth-order valence-electron chi connectivity index (χ4n) is 3.69. The summed E-state index contributed by atoms with van der Waals surface area (Å²) in [5, 5.41) is 8.37. The lowest BCUT2D eigenvalue weighted by molar-refractivity contribution is -0.154. The highest BCUT2D eigenvalue weighted by atomic mass is 35.5. The molecule has 1 amide bonds. The minimum atomic E-state index is -0.770. The number of hydrogen-bond donors (Lipinski definition) is 0. The molecule has 1 aliphatic rings. The van der Waals surface area contributed by atoms with E-state index < -0.39 is 18.0 Å². The van der Waals surface area contributed by atoms with Crippen molar-refractivity contribution in [3.05, 3.63) is 52.9 Å². The first-order valence-electron chi connectivity index (χ1n) is 10.6. The third-order valence-electron chi connectivity index (χ3n) is 5.58. The average molecular weight is 486 g/mol. The number of methoxy groups -OCH3 is 2. The van der Waals surface area contributed by atoms with Gasteiger partial charge in [-0.1, -0.05) is 29.3 Å². The molecule has 178 valence electrons. The number of anilines is 1. The molecule has 1 saturated heterocycles. The number of hydrogen-bond acceptors (Lipinski definition) is 8. The van der Waals surface area contributed by atoms with Gasteiger partial charge >= 0.3 is 5.97 Å². The number of amides is 1. The van der Waals surface area contributed by atoms with Crippen molar-refractivity contribution in [1.82, 2.24) is 10.2 Å². The Labute approximate surface area is 201 Å². The lowest BCUT2D eigenvalue weighted by Crippen LogP contribution is -2.27. The average Bonchev–Trinajstić information content (AvgIpc) is 3.47. The van der Waals surface area contributed by atoms with Gasteiger partial charge in [0.15, 0.2) is 6.10 Å². The maximum atomic E-state index is 12.8. The Kier molecular flexibility index (Phi) is 6.74. The van der Waals surface area contributed by atoms with Crippen molar-refractivity contribution >= 4 is 29.2 Å². The van der Waals surface area contributed by atoms with Crippen LogP contribution in [0.3, 0.4) is 0 Å². The molecule has 1 aromatic heterocycles. The minimum Gasteiger partial charge on any atom is -0.495 e. The van der Waals surface area contributed by atoms with Gasteiger partial charge in [0.1, 0.15) is 11.5 Å². The lowest BCUT2D eigenvalue weighted by Gasteiger charge is -2.21. The van der Waals surface area contributed by atoms with Gasteiger partial charge in [-0.15, -0.1) is 10.2 Å². The first-order chi connectivity index (χ1) is 16.3. The highest BCUT2D eigenvalue weighted by Gasteiger charge is 2.38. The molecule has 9 nitrogen and oxygen atoms in total. The van der Waals surface area contributed by atoms with E-state index in [9.17, 15) is 9.59 Å². The fourth-order valence-corrected chi connectivity index (χ4v) is 3.92. The second kappa shape index (κ2) is 9.72. The number of carbonyl (C=O) groups is 2. The van der Waals surface area contributed by atoms with Gasteiger partial charge < -0.3 is 23.5 Å². The molecule has 3 aromatic rings. The van der Waals surface area contributed by atoms with Crippen LogP contribution in [-0.2, 0) is 14.3 Å². The van der Waals surface area contributed by atoms with Gasteiger partial charge in [0.25, 0.3) is 5.89 Å². The molecular formula is C24H24ClN3O6. The van der Waals surface area contributed by atoms with E-state index in [1.54, 1.807) is 19.1 Å². The van der Waals surface area contributed by atoms with Crippen LogP contribution in [0.1, 0.15) is 30.9 Å². The van der Waals surface area contributed by atoms with Gasteiger partial charge in [-0.05, 0) is 32.0 Å². The molecule has 34 heavy (non-hydrogen) atoms. The molecule has 0 saturated carbocycles. The highest BCUT2D eigenvalue weighted by Crippen LogP contribution is 2.40. The van der Waals surface area contributed by atoms with Crippen molar-refractivity contribution in [3.63, 3.8) is 0 Å². The maximum absolute atomic E-state index is 12.8. The van der Waals surface area contributed by atoms with Crippen molar-refractivity contribution in [1.29, 1.82) is 0 Å². The number of nitrogens with zero attached hydrogens (tertiary/aromatic N) is 3. The summed E-state index contributed by atoms with van der Waals surface area (Å²) in [6.07, 6.45) is -0.773. The monoisotopic (exact) mass is 485 g/mol. The summed E-state index contributed by atoms with van der Waals surface area (Å²) in [5.74, 6) is -0.0994. The molecule has 2 unspecified atom stereocenters. The van der Waals surface area contributed by atoms with Crippen molar-refractivity contribution in [3.8, 4) is 23.0 Å². The van der Waals surface area contributed by atoms with Crippen LogP contribution in [0.5, 0.6) is 11.5 Å². The molecule has 0 spiro atoms. The number of halogens is 1. The number of carbonyl (C=O) groups excluding carboxylic acids is 2. The summed E-state index contributed by atoms with van der Waals surface area (Å²) in [6, 6.07) is 10.8. The van der Waals surface area contributed by atoms with Crippen molar-refractivity contribution in [2.24, 2.45) is 5.92 Å². The number of benzene rings is 2. The Morgan fingerprint density at radius 3 is 2.53 bits per heavy atom. The second-order valence-electron chi connectivity index (χ2n) is 7.95. The van der Waals surface area contributed by atoms with Gasteiger partial charge in [0, 0.05) is 24.6 Å². The third kappa shape index (κ3) is 4.70. The molecule has 2 aromatic carbocycles. The normalized spacial score (nSPS) is 16.4. The summed E-state index contributed by atoms with van der Waals surface area (Å²) in [7, 11) is 2.97. The van der Waals surface area contributed by atoms with E-state index in [4.69, 9.17) is 30.2 Å². The highest BCUT2D eigenvalue weighted by molar-refractivity contribution is 6.32. The summed E-state index contributed by atoms with van der Waals surface area (Å²) < 4.78 is 21.8. The summed E-state index contributed by atoms with van der Waals surface area (Å²) >= 11 is 6.24. The Morgan fingerprint density at radius 1 is 1.15 bits per heavy atom. The summed E-state index contributed by atoms with van der Waals surface area (Å²) in [4.78, 5) is 27.0. The van der Waals surface area contributed by atoms with Crippen LogP contribution < -0.4 is 14.4 Å². The SMILES string of the molecule is COc1cc(OC)c(N2CC(C(=O)OC(C)c3nnc(-c4ccc(C)cc4)o3)CC2=O)cc1Cl. The molecule has 1 aliphatic heterocycles. The van der Waals surface area contributed by atoms with E-state index in [1.165, 1.54) is 19.1 Å². The van der Waals surface area contributed by atoms with E-state index >= 15 is 0 Å². The molecule has 0 aliphatic carbocycles. The molecule has 2 atom stereocenters. The lowest BCUT2D eigenvalue weighted by atomic mass is 10.1. The number of ether oxygens (including phenoxy) is 3. The zero-order valence-corrected chi connectivity index (χ0v) is 20.0. The largest absolute Gasteiger partial charge is 0.495 e. The molecule has 4 rings (SSSR count). The van der Waals surface area contributed by atoms with E-state index in [-0.39, 0.29) is 24.8 Å². The van der Waals surface area contributed by atoms with Crippen LogP contribution >= 0.6 is 11.6 Å². The molecular weight excluding hydrogens is 462 g/mol. The van der Waals surface area contributed by atoms with Crippen LogP contribution in [0.2, 0.25) is 5.02 Å². The predicted octanol–water partition coefficient (Wildman–Crippen LogP) is 4.37. The van der Waals surface area contributed by atoms with Gasteiger partial charge in [0.2, 0.25) is 11.8 Å². The molecule has 0 bridgehead atoms. The van der Waals surface area contributed by atoms with Crippen molar-refractivity contribution < 1.29 is 28.2 Å². The molecule has 0 N–H and O–H groups in total. The van der Waals surface area contributed by atoms with E-state index in [2.05, 4.69) is 10.2 Å². The smallest absolute Gasteiger partial charge is 0.312 e. The Bertz CT molecular complexity index is 1210. The van der Waals surface area contributed by atoms with Gasteiger partial charge in [-0.2, -0.15) is 0 Å². The third-order valence-corrected chi connectivity index (χ3v) is 5.88. The quantitative estimate of drug-likeness (QED) is 0.454. The zero-order valence-electron chi connectivity index (χ0n) is 19.2. The minimum absolute atomic E-state index is 0.00317. The molecule has 1 fully saturated rings. The first-order valence-corrected chi connectivity index (χ1v) is 11.0. The number of rotatable bonds is 7. The Balaban J connectivity index is 1.44. The van der Waals surface area contributed by atoms with Crippen LogP contribution in [-0.4, -0.2) is 42.8 Å². The molecule has 2 heterocycles. The number of esters is 1. The summed E-state index contributed by atoms with van der Waals surface area (Å²) in [5.41, 5.74) is 2.34. The Morgan fingerprint density at radius 2 is 1.85 bits per heavy atom. The maximum Gasteiger partial charge on any atom is 0.312 e. The predicted molar refractivity (Wildman–Crippen MR) is 124 cm³/mol. The van der Waals surface area contributed by atoms with Crippen LogP contribution in [0.15, 0.2) is 40.8 Å². The van der Waals surface area contributed by atoms with Gasteiger partial charge in [-0.25, -0.2) is 0 Å². The van der Waals surface area contributed by atoms with Crippen LogP contribution in [0, 0.1) is 12.8 Å².